The minimum atomic E-state index is -1.93. The third kappa shape index (κ3) is 8.15. The van der Waals surface area contributed by atoms with Crippen LogP contribution in [0.5, 0.6) is 0 Å². The van der Waals surface area contributed by atoms with Gasteiger partial charge in [0, 0.05) is 12.3 Å². The summed E-state index contributed by atoms with van der Waals surface area (Å²) in [7, 11) is -1.93. The van der Waals surface area contributed by atoms with Gasteiger partial charge in [0.05, 0.1) is 11.0 Å². The van der Waals surface area contributed by atoms with Crippen molar-refractivity contribution in [1.82, 2.24) is 0 Å². The summed E-state index contributed by atoms with van der Waals surface area (Å²) in [5.41, 5.74) is 0. The highest BCUT2D eigenvalue weighted by Crippen LogP contribution is 2.39. The van der Waals surface area contributed by atoms with Gasteiger partial charge in [0.2, 0.25) is 6.20 Å². The van der Waals surface area contributed by atoms with E-state index in [0.717, 1.165) is 19.0 Å². The van der Waals surface area contributed by atoms with Gasteiger partial charge in [-0.1, -0.05) is 26.8 Å². The molecule has 130 valence electrons. The normalized spacial score (nSPS) is 15.1. The molecule has 0 radical (unpaired) electrons. The van der Waals surface area contributed by atoms with Crippen LogP contribution in [-0.4, -0.2) is 19.3 Å². The first-order valence-corrected chi connectivity index (χ1v) is 11.0. The van der Waals surface area contributed by atoms with Gasteiger partial charge >= 0.3 is 0 Å². The van der Waals surface area contributed by atoms with Crippen molar-refractivity contribution < 1.29 is 9.35 Å². The van der Waals surface area contributed by atoms with Crippen molar-refractivity contribution in [2.45, 2.75) is 70.7 Å². The molecule has 0 aromatic carbocycles. The second-order valence-electron chi connectivity index (χ2n) is 7.31. The van der Waals surface area contributed by atoms with E-state index in [2.05, 4.69) is 46.4 Å². The van der Waals surface area contributed by atoms with E-state index in [9.17, 15) is 10.1 Å². The Balaban J connectivity index is 5.08. The van der Waals surface area contributed by atoms with Crippen LogP contribution in [0.25, 0.3) is 0 Å². The van der Waals surface area contributed by atoms with Gasteiger partial charge in [0.25, 0.3) is 0 Å². The van der Waals surface area contributed by atoms with E-state index in [-0.39, 0.29) is 17.1 Å². The van der Waals surface area contributed by atoms with Crippen LogP contribution in [-0.2, 0) is 4.43 Å². The molecule has 0 aromatic heterocycles. The maximum atomic E-state index is 10.4. The Hall–Kier alpha value is -1.38. The third-order valence-electron chi connectivity index (χ3n) is 4.50. The fraction of sp³-hybridized carbons (Fsp3) is 0.667. The van der Waals surface area contributed by atoms with Crippen molar-refractivity contribution in [3.63, 3.8) is 0 Å². The highest BCUT2D eigenvalue weighted by Gasteiger charge is 2.40. The first-order valence-electron chi connectivity index (χ1n) is 8.09. The lowest BCUT2D eigenvalue weighted by atomic mass is 9.94. The van der Waals surface area contributed by atoms with Crippen molar-refractivity contribution >= 4 is 8.32 Å². The summed E-state index contributed by atoms with van der Waals surface area (Å²) in [5.74, 6) is 2.84. The van der Waals surface area contributed by atoms with Gasteiger partial charge in [-0.15, -0.1) is 18.9 Å². The minimum absolute atomic E-state index is 0.00172. The molecule has 0 aliphatic rings. The molecule has 2 atom stereocenters. The number of nitrogens with zero attached hydrogens (tertiary/aromatic N) is 1. The van der Waals surface area contributed by atoms with Crippen molar-refractivity contribution in [3.05, 3.63) is 35.0 Å². The molecule has 0 saturated heterocycles. The lowest BCUT2D eigenvalue weighted by Gasteiger charge is -2.41. The summed E-state index contributed by atoms with van der Waals surface area (Å²) in [6, 6.07) is 0. The third-order valence-corrected chi connectivity index (χ3v) is 9.00. The maximum absolute atomic E-state index is 10.4. The number of allylic oxidation sites excluding steroid dienone is 1. The zero-order valence-corrected chi connectivity index (χ0v) is 16.2. The van der Waals surface area contributed by atoms with E-state index >= 15 is 0 Å². The molecule has 0 heterocycles. The molecule has 0 saturated carbocycles. The molecule has 0 rings (SSSR count). The number of hydrogen-bond acceptors (Lipinski definition) is 3. The summed E-state index contributed by atoms with van der Waals surface area (Å²) in [6.45, 7) is 15.0. The molecular weight excluding hydrogens is 306 g/mol. The van der Waals surface area contributed by atoms with Crippen LogP contribution in [0.2, 0.25) is 18.1 Å². The first-order chi connectivity index (χ1) is 10.5. The van der Waals surface area contributed by atoms with Gasteiger partial charge in [0.15, 0.2) is 8.32 Å². The van der Waals surface area contributed by atoms with Crippen molar-refractivity contribution in [1.29, 1.82) is 0 Å². The SMILES string of the molecule is C#CCC[C@H](C=C)[C@@H](CC/C=C/[N+](=O)[O-])O[Si](C)(C)C(C)(C)C. The predicted molar refractivity (Wildman–Crippen MR) is 99.2 cm³/mol. The lowest BCUT2D eigenvalue weighted by Crippen LogP contribution is -2.45. The van der Waals surface area contributed by atoms with E-state index in [1.54, 1.807) is 6.08 Å². The molecule has 0 aromatic rings. The maximum Gasteiger partial charge on any atom is 0.230 e. The molecule has 0 spiro atoms. The van der Waals surface area contributed by atoms with E-state index in [4.69, 9.17) is 10.8 Å². The monoisotopic (exact) mass is 337 g/mol. The number of nitro groups is 1. The summed E-state index contributed by atoms with van der Waals surface area (Å²) < 4.78 is 6.55. The van der Waals surface area contributed by atoms with Crippen LogP contribution < -0.4 is 0 Å². The van der Waals surface area contributed by atoms with Crippen LogP contribution in [0.15, 0.2) is 24.9 Å². The van der Waals surface area contributed by atoms with Crippen LogP contribution in [0, 0.1) is 28.4 Å². The van der Waals surface area contributed by atoms with E-state index in [0.29, 0.717) is 12.8 Å². The molecule has 0 N–H and O–H groups in total. The molecule has 0 aliphatic carbocycles. The number of hydrogen-bond donors (Lipinski definition) is 0. The van der Waals surface area contributed by atoms with Gasteiger partial charge in [-0.25, -0.2) is 0 Å². The fourth-order valence-electron chi connectivity index (χ4n) is 2.04. The Morgan fingerprint density at radius 1 is 1.39 bits per heavy atom. The summed E-state index contributed by atoms with van der Waals surface area (Å²) in [5, 5.41) is 10.5. The van der Waals surface area contributed by atoms with Gasteiger partial charge in [-0.2, -0.15) is 0 Å². The number of terminal acetylenes is 1. The zero-order valence-electron chi connectivity index (χ0n) is 15.2. The number of rotatable bonds is 10. The van der Waals surface area contributed by atoms with Gasteiger partial charge in [-0.3, -0.25) is 10.1 Å². The largest absolute Gasteiger partial charge is 0.413 e. The van der Waals surface area contributed by atoms with Crippen LogP contribution >= 0.6 is 0 Å². The Bertz CT molecular complexity index is 458. The van der Waals surface area contributed by atoms with Crippen molar-refractivity contribution in [2.75, 3.05) is 0 Å². The molecule has 5 heteroatoms. The second-order valence-corrected chi connectivity index (χ2v) is 12.1. The summed E-state index contributed by atoms with van der Waals surface area (Å²) in [4.78, 5) is 9.95. The van der Waals surface area contributed by atoms with Gasteiger partial charge in [-0.05, 0) is 43.5 Å². The van der Waals surface area contributed by atoms with E-state index in [1.165, 1.54) is 0 Å². The Morgan fingerprint density at radius 3 is 2.43 bits per heavy atom. The van der Waals surface area contributed by atoms with Crippen LogP contribution in [0.1, 0.15) is 46.5 Å². The fourth-order valence-corrected chi connectivity index (χ4v) is 3.45. The average molecular weight is 338 g/mol. The molecule has 23 heavy (non-hydrogen) atoms. The van der Waals surface area contributed by atoms with E-state index < -0.39 is 13.2 Å². The topological polar surface area (TPSA) is 52.4 Å². The quantitative estimate of drug-likeness (QED) is 0.182. The minimum Gasteiger partial charge on any atom is -0.413 e. The Kier molecular flexibility index (Phi) is 9.11. The van der Waals surface area contributed by atoms with Gasteiger partial charge < -0.3 is 4.43 Å². The molecule has 0 fully saturated rings. The van der Waals surface area contributed by atoms with Crippen molar-refractivity contribution in [3.8, 4) is 12.3 Å². The first kappa shape index (κ1) is 21.6. The van der Waals surface area contributed by atoms with Crippen LogP contribution in [0.3, 0.4) is 0 Å². The molecule has 0 unspecified atom stereocenters. The molecule has 0 bridgehead atoms. The van der Waals surface area contributed by atoms with Crippen molar-refractivity contribution in [2.24, 2.45) is 5.92 Å². The Morgan fingerprint density at radius 2 is 2.00 bits per heavy atom. The molecule has 0 aliphatic heterocycles. The highest BCUT2D eigenvalue weighted by atomic mass is 28.4. The smallest absolute Gasteiger partial charge is 0.230 e. The highest BCUT2D eigenvalue weighted by molar-refractivity contribution is 6.74. The van der Waals surface area contributed by atoms with Gasteiger partial charge in [0.1, 0.15) is 0 Å². The standard InChI is InChI=1S/C18H31NO3Si/c1-8-10-13-16(9-2)17(14-11-12-15-19(20)21)22-23(6,7)18(3,4)5/h1,9,12,15-17H,2,10-11,13-14H2,3-7H3/b15-12+/t16-,17+/m0/s1. The van der Waals surface area contributed by atoms with Crippen LogP contribution in [0.4, 0.5) is 0 Å². The Labute approximate surface area is 142 Å². The summed E-state index contributed by atoms with van der Waals surface area (Å²) >= 11 is 0. The predicted octanol–water partition coefficient (Wildman–Crippen LogP) is 5.16. The lowest BCUT2D eigenvalue weighted by molar-refractivity contribution is -0.402. The molecular formula is C18H31NO3Si. The molecule has 0 amide bonds. The zero-order chi connectivity index (χ0) is 18.1. The summed E-state index contributed by atoms with van der Waals surface area (Å²) in [6.07, 6.45) is 12.7. The second kappa shape index (κ2) is 9.69. The van der Waals surface area contributed by atoms with E-state index in [1.807, 2.05) is 6.08 Å². The average Bonchev–Trinajstić information content (AvgIpc) is 2.42. The molecule has 4 nitrogen and oxygen atoms in total.